The van der Waals surface area contributed by atoms with Crippen LogP contribution in [0.15, 0.2) is 0 Å². The van der Waals surface area contributed by atoms with Gasteiger partial charge in [0, 0.05) is 43.9 Å². The summed E-state index contributed by atoms with van der Waals surface area (Å²) >= 11 is 0. The highest BCUT2D eigenvalue weighted by Crippen LogP contribution is 2.12. The van der Waals surface area contributed by atoms with Crippen molar-refractivity contribution in [3.8, 4) is 0 Å². The second-order valence-electron chi connectivity index (χ2n) is 14.2. The third-order valence-electron chi connectivity index (χ3n) is 8.06. The molecule has 0 saturated heterocycles. The Kier molecular flexibility index (Phi) is 27.4. The molecule has 0 radical (unpaired) electrons. The van der Waals surface area contributed by atoms with E-state index in [9.17, 15) is 24.0 Å². The Morgan fingerprint density at radius 3 is 1.90 bits per heavy atom. The van der Waals surface area contributed by atoms with E-state index in [4.69, 9.17) is 18.9 Å². The van der Waals surface area contributed by atoms with Crippen LogP contribution in [0, 0.1) is 11.8 Å². The van der Waals surface area contributed by atoms with E-state index >= 15 is 0 Å². The molecule has 0 aliphatic carbocycles. The maximum atomic E-state index is 13.0. The number of nitrogens with one attached hydrogen (secondary N) is 5. The number of ketones is 1. The summed E-state index contributed by atoms with van der Waals surface area (Å²) in [7, 11) is 1.84. The van der Waals surface area contributed by atoms with Crippen LogP contribution in [0.3, 0.4) is 0 Å². The second kappa shape index (κ2) is 28.9. The molecule has 0 saturated carbocycles. The van der Waals surface area contributed by atoms with Crippen molar-refractivity contribution in [3.63, 3.8) is 0 Å². The zero-order valence-corrected chi connectivity index (χ0v) is 33.1. The Bertz CT molecular complexity index is 993. The van der Waals surface area contributed by atoms with Crippen LogP contribution in [0.5, 0.6) is 0 Å². The number of carbonyl (C=O) groups excluding carboxylic acids is 5. The van der Waals surface area contributed by atoms with Crippen LogP contribution in [0.4, 0.5) is 0 Å². The third-order valence-corrected chi connectivity index (χ3v) is 8.06. The fourth-order valence-electron chi connectivity index (χ4n) is 4.93. The Labute approximate surface area is 307 Å². The molecule has 0 aromatic rings. The minimum absolute atomic E-state index is 0.0218. The Morgan fingerprint density at radius 1 is 0.686 bits per heavy atom. The molecule has 4 amide bonds. The summed E-state index contributed by atoms with van der Waals surface area (Å²) < 4.78 is 22.3. The normalized spacial score (nSPS) is 13.5. The van der Waals surface area contributed by atoms with E-state index in [-0.39, 0.29) is 65.9 Å². The number of hydrogen-bond acceptors (Lipinski definition) is 10. The first kappa shape index (κ1) is 48.3. The van der Waals surface area contributed by atoms with Gasteiger partial charge in [0.25, 0.3) is 0 Å². The van der Waals surface area contributed by atoms with Crippen molar-refractivity contribution in [1.82, 2.24) is 26.6 Å². The molecule has 0 bridgehead atoms. The first-order chi connectivity index (χ1) is 24.1. The van der Waals surface area contributed by atoms with Crippen LogP contribution in [-0.4, -0.2) is 120 Å². The molecule has 0 aromatic carbocycles. The fourth-order valence-corrected chi connectivity index (χ4v) is 4.93. The Morgan fingerprint density at radius 2 is 1.31 bits per heavy atom. The van der Waals surface area contributed by atoms with Gasteiger partial charge in [-0.05, 0) is 72.4 Å². The van der Waals surface area contributed by atoms with Crippen molar-refractivity contribution in [1.29, 1.82) is 0 Å². The van der Waals surface area contributed by atoms with Gasteiger partial charge in [0.1, 0.15) is 6.04 Å². The molecule has 14 nitrogen and oxygen atoms in total. The van der Waals surface area contributed by atoms with Gasteiger partial charge < -0.3 is 45.5 Å². The standard InChI is InChI=1S/C37H71N5O9/c1-10-12-33(45)42-37(7,8)17-21-51-29(6)14-15-31(43)39-19-22-49-24-26-50-25-23-48-20-16-32(44)41-34(27(2)3)36(47)40-30(13-11-18-38-9)35(46)28(4)5/h27-30,34,38H,10-26H2,1-9H3,(H,39,43)(H,40,47)(H,41,44)(H,42,45). The summed E-state index contributed by atoms with van der Waals surface area (Å²) in [4.78, 5) is 62.2. The zero-order chi connectivity index (χ0) is 38.7. The number of Topliss-reactive ketones (excluding diaryl/α,β-unsaturated/α-hetero) is 1. The molecule has 0 aromatic heterocycles. The maximum Gasteiger partial charge on any atom is 0.243 e. The molecular weight excluding hydrogens is 658 g/mol. The molecule has 0 aliphatic heterocycles. The van der Waals surface area contributed by atoms with E-state index in [1.807, 2.05) is 62.4 Å². The molecule has 0 spiro atoms. The largest absolute Gasteiger partial charge is 0.379 e. The predicted molar refractivity (Wildman–Crippen MR) is 198 cm³/mol. The minimum atomic E-state index is -0.759. The van der Waals surface area contributed by atoms with Gasteiger partial charge in [0.05, 0.1) is 51.8 Å². The monoisotopic (exact) mass is 730 g/mol. The van der Waals surface area contributed by atoms with Gasteiger partial charge in [0.2, 0.25) is 23.6 Å². The van der Waals surface area contributed by atoms with Gasteiger partial charge in [-0.1, -0.05) is 34.6 Å². The SMILES string of the molecule is CCCC(=O)NC(C)(C)CCOC(C)CCC(=O)NCCOCCOCCOCCC(=O)NC(C(=O)NC(CCCNC)C(=O)C(C)C)C(C)C. The van der Waals surface area contributed by atoms with Crippen LogP contribution in [0.1, 0.15) is 107 Å². The average Bonchev–Trinajstić information content (AvgIpc) is 3.05. The lowest BCUT2D eigenvalue weighted by atomic mass is 9.96. The molecule has 5 N–H and O–H groups in total. The number of hydrogen-bond donors (Lipinski definition) is 5. The smallest absolute Gasteiger partial charge is 0.243 e. The number of carbonyl (C=O) groups is 5. The van der Waals surface area contributed by atoms with Crippen LogP contribution in [0.2, 0.25) is 0 Å². The lowest BCUT2D eigenvalue weighted by molar-refractivity contribution is -0.133. The highest BCUT2D eigenvalue weighted by atomic mass is 16.5. The molecule has 3 unspecified atom stereocenters. The predicted octanol–water partition coefficient (Wildman–Crippen LogP) is 2.66. The molecule has 0 aliphatic rings. The highest BCUT2D eigenvalue weighted by Gasteiger charge is 2.29. The second-order valence-corrected chi connectivity index (χ2v) is 14.2. The van der Waals surface area contributed by atoms with Crippen molar-refractivity contribution in [2.75, 3.05) is 66.4 Å². The summed E-state index contributed by atoms with van der Waals surface area (Å²) in [6.07, 6.45) is 4.28. The number of ether oxygens (including phenoxy) is 4. The molecular formula is C37H71N5O9. The molecule has 3 atom stereocenters. The summed E-state index contributed by atoms with van der Waals surface area (Å²) in [5.74, 6) is -1.07. The van der Waals surface area contributed by atoms with Crippen LogP contribution >= 0.6 is 0 Å². The molecule has 14 heteroatoms. The van der Waals surface area contributed by atoms with E-state index in [0.717, 1.165) is 19.4 Å². The van der Waals surface area contributed by atoms with Crippen molar-refractivity contribution >= 4 is 29.4 Å². The van der Waals surface area contributed by atoms with Gasteiger partial charge in [-0.25, -0.2) is 0 Å². The van der Waals surface area contributed by atoms with E-state index in [1.54, 1.807) is 0 Å². The van der Waals surface area contributed by atoms with E-state index in [2.05, 4.69) is 26.6 Å². The molecule has 298 valence electrons. The molecule has 0 rings (SSSR count). The van der Waals surface area contributed by atoms with Crippen LogP contribution < -0.4 is 26.6 Å². The Balaban J connectivity index is 4.01. The van der Waals surface area contributed by atoms with Gasteiger partial charge in [-0.2, -0.15) is 0 Å². The van der Waals surface area contributed by atoms with Gasteiger partial charge >= 0.3 is 0 Å². The molecule has 0 fully saturated rings. The van der Waals surface area contributed by atoms with Gasteiger partial charge in [-0.15, -0.1) is 0 Å². The van der Waals surface area contributed by atoms with Crippen molar-refractivity contribution in [2.45, 2.75) is 130 Å². The van der Waals surface area contributed by atoms with Gasteiger partial charge in [0.15, 0.2) is 5.78 Å². The number of amides is 4. The Hall–Kier alpha value is -2.65. The van der Waals surface area contributed by atoms with E-state index in [1.165, 1.54) is 0 Å². The van der Waals surface area contributed by atoms with Crippen molar-refractivity contribution in [2.24, 2.45) is 11.8 Å². The lowest BCUT2D eigenvalue weighted by Crippen LogP contribution is -2.54. The highest BCUT2D eigenvalue weighted by molar-refractivity contribution is 5.93. The van der Waals surface area contributed by atoms with Crippen molar-refractivity contribution < 1.29 is 42.9 Å². The van der Waals surface area contributed by atoms with Crippen LogP contribution in [-0.2, 0) is 42.9 Å². The maximum absolute atomic E-state index is 13.0. The average molecular weight is 730 g/mol. The molecule has 51 heavy (non-hydrogen) atoms. The fraction of sp³-hybridized carbons (Fsp3) is 0.865. The lowest BCUT2D eigenvalue weighted by Gasteiger charge is -2.27. The number of rotatable bonds is 32. The van der Waals surface area contributed by atoms with Gasteiger partial charge in [-0.3, -0.25) is 24.0 Å². The zero-order valence-electron chi connectivity index (χ0n) is 33.1. The first-order valence-corrected chi connectivity index (χ1v) is 18.8. The van der Waals surface area contributed by atoms with E-state index < -0.39 is 12.1 Å². The summed E-state index contributed by atoms with van der Waals surface area (Å²) in [6.45, 7) is 18.8. The van der Waals surface area contributed by atoms with E-state index in [0.29, 0.717) is 78.3 Å². The minimum Gasteiger partial charge on any atom is -0.379 e. The topological polar surface area (TPSA) is 182 Å². The summed E-state index contributed by atoms with van der Waals surface area (Å²) in [6, 6.07) is -1.35. The summed E-state index contributed by atoms with van der Waals surface area (Å²) in [5.41, 5.74) is -0.336. The molecule has 0 heterocycles. The summed E-state index contributed by atoms with van der Waals surface area (Å²) in [5, 5.41) is 14.6. The third kappa shape index (κ3) is 25.9. The van der Waals surface area contributed by atoms with Crippen LogP contribution in [0.25, 0.3) is 0 Å². The first-order valence-electron chi connectivity index (χ1n) is 18.8. The van der Waals surface area contributed by atoms with Crippen molar-refractivity contribution in [3.05, 3.63) is 0 Å². The quantitative estimate of drug-likeness (QED) is 0.0646.